The molecule has 0 saturated heterocycles. The Kier molecular flexibility index (Phi) is 23.2. The lowest BCUT2D eigenvalue weighted by Crippen LogP contribution is -2.34. The molecular weight excluding hydrogens is 532 g/mol. The smallest absolute Gasteiger partial charge is 0.433 e. The summed E-state index contributed by atoms with van der Waals surface area (Å²) in [6, 6.07) is 0. The van der Waals surface area contributed by atoms with E-state index in [0.29, 0.717) is 6.42 Å². The van der Waals surface area contributed by atoms with E-state index in [0.717, 1.165) is 6.29 Å². The van der Waals surface area contributed by atoms with E-state index >= 15 is 0 Å². The molecule has 0 radical (unpaired) electrons. The molecule has 1 unspecified atom stereocenters. The quantitative estimate of drug-likeness (QED) is 0.0267. The van der Waals surface area contributed by atoms with E-state index in [1.54, 1.807) is 19.3 Å². The molecule has 18 nitrogen and oxygen atoms in total. The van der Waals surface area contributed by atoms with Crippen LogP contribution in [0.1, 0.15) is 26.7 Å². The number of hydrogen-bond donors (Lipinski definition) is 4. The van der Waals surface area contributed by atoms with Gasteiger partial charge in [0.1, 0.15) is 38.9 Å². The van der Waals surface area contributed by atoms with Gasteiger partial charge in [0.2, 0.25) is 0 Å². The summed E-state index contributed by atoms with van der Waals surface area (Å²) in [4.78, 5) is 64.9. The van der Waals surface area contributed by atoms with Crippen molar-refractivity contribution in [1.29, 1.82) is 0 Å². The van der Waals surface area contributed by atoms with Crippen molar-refractivity contribution >= 4 is 30.7 Å². The first kappa shape index (κ1) is 35.1. The van der Waals surface area contributed by atoms with Crippen molar-refractivity contribution in [3.63, 3.8) is 0 Å². The van der Waals surface area contributed by atoms with Crippen LogP contribution in [0.5, 0.6) is 0 Å². The van der Waals surface area contributed by atoms with Gasteiger partial charge in [0.15, 0.2) is 6.73 Å². The highest BCUT2D eigenvalue weighted by atomic mass is 17.3. The third kappa shape index (κ3) is 24.2. The van der Waals surface area contributed by atoms with E-state index in [1.807, 2.05) is 0 Å². The van der Waals surface area contributed by atoms with Gasteiger partial charge in [-0.3, -0.25) is 16.0 Å². The largest absolute Gasteiger partial charge is 0.497 e. The Balaban J connectivity index is 4.14. The molecule has 0 aromatic heterocycles. The van der Waals surface area contributed by atoms with E-state index in [2.05, 4.69) is 35.3 Å². The summed E-state index contributed by atoms with van der Waals surface area (Å²) in [6.07, 6.45) is -0.335. The third-order valence-corrected chi connectivity index (χ3v) is 3.66. The lowest BCUT2D eigenvalue weighted by Gasteiger charge is -2.17. The first-order valence-electron chi connectivity index (χ1n) is 11.8. The fourth-order valence-electron chi connectivity index (χ4n) is 2.02. The van der Waals surface area contributed by atoms with Crippen molar-refractivity contribution in [2.24, 2.45) is 0 Å². The van der Waals surface area contributed by atoms with Gasteiger partial charge < -0.3 is 38.0 Å². The highest BCUT2D eigenvalue weighted by molar-refractivity contribution is 5.68. The summed E-state index contributed by atoms with van der Waals surface area (Å²) < 4.78 is 34.8. The van der Waals surface area contributed by atoms with Crippen molar-refractivity contribution in [1.82, 2.24) is 21.4 Å². The molecule has 0 bridgehead atoms. The maximum Gasteiger partial charge on any atom is 0.433 e. The molecule has 0 heterocycles. The van der Waals surface area contributed by atoms with Crippen molar-refractivity contribution in [3.05, 3.63) is 12.5 Å². The monoisotopic (exact) mass is 568 g/mol. The molecule has 0 aromatic rings. The second kappa shape index (κ2) is 25.8. The maximum absolute atomic E-state index is 11.8. The lowest BCUT2D eigenvalue weighted by atomic mass is 10.3. The van der Waals surface area contributed by atoms with Crippen LogP contribution in [0.3, 0.4) is 0 Å². The molecule has 0 fully saturated rings. The molecule has 18 heteroatoms. The average molecular weight is 569 g/mol. The first-order valence-corrected chi connectivity index (χ1v) is 11.8. The predicted molar refractivity (Wildman–Crippen MR) is 127 cm³/mol. The molecule has 0 rings (SSSR count). The number of nitrogens with one attached hydrogen (secondary N) is 4. The van der Waals surface area contributed by atoms with Gasteiger partial charge in [0.25, 0.3) is 0 Å². The summed E-state index contributed by atoms with van der Waals surface area (Å²) >= 11 is 0. The Morgan fingerprint density at radius 2 is 1.46 bits per heavy atom. The lowest BCUT2D eigenvalue weighted by molar-refractivity contribution is -0.329. The molecular formula is C21H36N4O14. The topological polar surface area (TPSA) is 217 Å². The van der Waals surface area contributed by atoms with Gasteiger partial charge in [-0.2, -0.15) is 10.4 Å². The predicted octanol–water partition coefficient (Wildman–Crippen LogP) is 0.578. The molecule has 1 atom stereocenters. The van der Waals surface area contributed by atoms with Crippen molar-refractivity contribution < 1.29 is 67.0 Å². The molecule has 0 saturated carbocycles. The number of hydrogen-bond acceptors (Lipinski definition) is 14. The molecule has 4 N–H and O–H groups in total. The fraction of sp³-hybridized carbons (Fsp3) is 0.667. The van der Waals surface area contributed by atoms with E-state index in [9.17, 15) is 24.0 Å². The van der Waals surface area contributed by atoms with Crippen molar-refractivity contribution in [2.75, 3.05) is 59.7 Å². The number of aldehydes is 1. The van der Waals surface area contributed by atoms with Gasteiger partial charge in [-0.25, -0.2) is 19.2 Å². The Morgan fingerprint density at radius 1 is 0.795 bits per heavy atom. The Bertz CT molecular complexity index is 725. The molecule has 0 aromatic carbocycles. The van der Waals surface area contributed by atoms with Gasteiger partial charge in [-0.05, 0) is 20.3 Å². The van der Waals surface area contributed by atoms with Crippen molar-refractivity contribution in [2.45, 2.75) is 32.8 Å². The summed E-state index contributed by atoms with van der Waals surface area (Å²) in [7, 11) is 0. The number of alkyl carbamates (subject to hydrolysis) is 3. The standard InChI is InChI=1S/C21H36N4O14/c1-3-33-19(28)23-15-32-12-11-31-10-7-22-18(27)36-13-17(35-9-6-5-8-26)14-37-21(30)25-39-38-16-24-20(29)34-4-2/h7-8,10,17H,3-6,9,11-16H2,1-2H3,(H,22,27)(H,23,28)(H,24,29)(H,25,30). The maximum atomic E-state index is 11.8. The van der Waals surface area contributed by atoms with Gasteiger partial charge in [0, 0.05) is 19.2 Å². The van der Waals surface area contributed by atoms with Gasteiger partial charge in [-0.15, -0.1) is 4.99 Å². The van der Waals surface area contributed by atoms with Crippen LogP contribution >= 0.6 is 0 Å². The van der Waals surface area contributed by atoms with Crippen LogP contribution in [0.4, 0.5) is 19.2 Å². The second-order valence-electron chi connectivity index (χ2n) is 6.61. The highest BCUT2D eigenvalue weighted by Gasteiger charge is 2.16. The van der Waals surface area contributed by atoms with E-state index < -0.39 is 37.2 Å². The Hall–Kier alpha value is -3.87. The number of ether oxygens (including phenoxy) is 7. The first-order chi connectivity index (χ1) is 18.9. The molecule has 0 spiro atoms. The zero-order valence-corrected chi connectivity index (χ0v) is 21.8. The summed E-state index contributed by atoms with van der Waals surface area (Å²) in [5.41, 5.74) is 1.80. The second-order valence-corrected chi connectivity index (χ2v) is 6.61. The molecule has 224 valence electrons. The Labute approximate surface area is 224 Å². The number of unbranched alkanes of at least 4 members (excludes halogenated alkanes) is 1. The number of hydroxylamine groups is 1. The highest BCUT2D eigenvalue weighted by Crippen LogP contribution is 1.99. The SMILES string of the molecule is CCOC(=O)NCOCCOC=CNC(=O)OCC(COC(=O)NOOCNC(=O)OCC)OCCCC=O. The molecule has 0 aliphatic rings. The van der Waals surface area contributed by atoms with Crippen LogP contribution in [0.15, 0.2) is 12.5 Å². The fourth-order valence-corrected chi connectivity index (χ4v) is 2.02. The van der Waals surface area contributed by atoms with Crippen molar-refractivity contribution in [3.8, 4) is 0 Å². The van der Waals surface area contributed by atoms with E-state index in [-0.39, 0.29) is 59.4 Å². The van der Waals surface area contributed by atoms with Crippen LogP contribution in [-0.2, 0) is 47.8 Å². The van der Waals surface area contributed by atoms with Crippen LogP contribution in [0.25, 0.3) is 0 Å². The third-order valence-electron chi connectivity index (χ3n) is 3.66. The minimum Gasteiger partial charge on any atom is -0.497 e. The number of carbonyl (C=O) groups is 5. The number of rotatable bonds is 22. The van der Waals surface area contributed by atoms with Crippen LogP contribution in [0, 0.1) is 0 Å². The average Bonchev–Trinajstić information content (AvgIpc) is 2.91. The molecule has 0 aliphatic heterocycles. The van der Waals surface area contributed by atoms with Gasteiger partial charge in [-0.1, -0.05) is 0 Å². The van der Waals surface area contributed by atoms with Gasteiger partial charge >= 0.3 is 24.4 Å². The van der Waals surface area contributed by atoms with Gasteiger partial charge in [0.05, 0.1) is 26.1 Å². The number of amides is 4. The zero-order chi connectivity index (χ0) is 29.0. The normalized spacial score (nSPS) is 11.1. The molecule has 0 aliphatic carbocycles. The van der Waals surface area contributed by atoms with Crippen LogP contribution < -0.4 is 21.4 Å². The molecule has 4 amide bonds. The van der Waals surface area contributed by atoms with E-state index in [4.69, 9.17) is 23.7 Å². The molecule has 39 heavy (non-hydrogen) atoms. The number of carbonyl (C=O) groups excluding carboxylic acids is 5. The summed E-state index contributed by atoms with van der Waals surface area (Å²) in [5, 5.41) is 6.82. The zero-order valence-electron chi connectivity index (χ0n) is 21.8. The summed E-state index contributed by atoms with van der Waals surface area (Å²) in [6.45, 7) is 3.08. The van der Waals surface area contributed by atoms with Crippen LogP contribution in [-0.4, -0.2) is 96.5 Å². The Morgan fingerprint density at radius 3 is 2.13 bits per heavy atom. The summed E-state index contributed by atoms with van der Waals surface area (Å²) in [5.74, 6) is 0. The van der Waals surface area contributed by atoms with E-state index in [1.165, 1.54) is 12.5 Å². The van der Waals surface area contributed by atoms with Crippen LogP contribution in [0.2, 0.25) is 0 Å². The minimum atomic E-state index is -1.06. The minimum absolute atomic E-state index is 0.0460.